The molecule has 3 aliphatic rings. The van der Waals surface area contributed by atoms with Gasteiger partial charge in [0.25, 0.3) is 0 Å². The maximum atomic E-state index is 5.77. The van der Waals surface area contributed by atoms with Gasteiger partial charge in [-0.1, -0.05) is 20.3 Å². The van der Waals surface area contributed by atoms with E-state index in [1.807, 2.05) is 7.11 Å². The van der Waals surface area contributed by atoms with Crippen molar-refractivity contribution in [2.45, 2.75) is 96.0 Å². The summed E-state index contributed by atoms with van der Waals surface area (Å²) in [5.41, 5.74) is 0.0494. The van der Waals surface area contributed by atoms with Gasteiger partial charge in [0.2, 0.25) is 0 Å². The average Bonchev–Trinajstić information content (AvgIpc) is 2.55. The van der Waals surface area contributed by atoms with E-state index in [4.69, 9.17) is 9.73 Å². The van der Waals surface area contributed by atoms with Gasteiger partial charge < -0.3 is 20.3 Å². The van der Waals surface area contributed by atoms with Crippen LogP contribution in [-0.4, -0.2) is 61.3 Å². The predicted molar refractivity (Wildman–Crippen MR) is 104 cm³/mol. The second-order valence-electron chi connectivity index (χ2n) is 9.10. The van der Waals surface area contributed by atoms with Crippen molar-refractivity contribution in [2.24, 2.45) is 10.4 Å². The van der Waals surface area contributed by atoms with Gasteiger partial charge in [-0.3, -0.25) is 4.99 Å². The molecule has 5 nitrogen and oxygen atoms in total. The molecule has 3 rings (SSSR count). The number of guanidine groups is 1. The van der Waals surface area contributed by atoms with Crippen LogP contribution in [0.2, 0.25) is 0 Å². The summed E-state index contributed by atoms with van der Waals surface area (Å²) in [6.45, 7) is 9.72. The molecule has 0 amide bonds. The molecule has 0 spiro atoms. The summed E-state index contributed by atoms with van der Waals surface area (Å²) in [7, 11) is 4.14. The quantitative estimate of drug-likeness (QED) is 0.605. The molecular weight excluding hydrogens is 312 g/mol. The largest absolute Gasteiger partial charge is 0.378 e. The van der Waals surface area contributed by atoms with E-state index in [2.05, 4.69) is 50.3 Å². The van der Waals surface area contributed by atoms with Crippen LogP contribution in [0, 0.1) is 5.41 Å². The number of hydrogen-bond donors (Lipinski definition) is 2. The number of hydrogen-bond acceptors (Lipinski definition) is 3. The molecule has 2 aliphatic heterocycles. The van der Waals surface area contributed by atoms with Crippen molar-refractivity contribution in [1.29, 1.82) is 0 Å². The van der Waals surface area contributed by atoms with Gasteiger partial charge in [-0.25, -0.2) is 0 Å². The fourth-order valence-corrected chi connectivity index (χ4v) is 5.11. The monoisotopic (exact) mass is 350 g/mol. The van der Waals surface area contributed by atoms with Gasteiger partial charge in [0.05, 0.1) is 5.60 Å². The molecule has 0 radical (unpaired) electrons. The van der Waals surface area contributed by atoms with E-state index in [0.717, 1.165) is 31.0 Å². The first kappa shape index (κ1) is 19.0. The van der Waals surface area contributed by atoms with Crippen LogP contribution in [0.5, 0.6) is 0 Å². The Kier molecular flexibility index (Phi) is 5.36. The Morgan fingerprint density at radius 1 is 1.16 bits per heavy atom. The van der Waals surface area contributed by atoms with E-state index in [9.17, 15) is 0 Å². The van der Waals surface area contributed by atoms with Crippen LogP contribution in [-0.2, 0) is 4.74 Å². The highest BCUT2D eigenvalue weighted by Gasteiger charge is 2.58. The minimum Gasteiger partial charge on any atom is -0.378 e. The molecule has 2 bridgehead atoms. The van der Waals surface area contributed by atoms with E-state index < -0.39 is 0 Å². The standard InChI is InChI=1S/C20H38N4O/c1-7-21-18(23-17-13-20(4,25-6)19(17,2)3)22-14-11-15-9-8-10-16(12-14)24(15)5/h14-17H,7-13H2,1-6H3,(H2,21,22,23). The van der Waals surface area contributed by atoms with Crippen LogP contribution in [0.4, 0.5) is 0 Å². The summed E-state index contributed by atoms with van der Waals surface area (Å²) in [4.78, 5) is 7.35. The summed E-state index contributed by atoms with van der Waals surface area (Å²) >= 11 is 0. The first-order valence-electron chi connectivity index (χ1n) is 10.2. The highest BCUT2D eigenvalue weighted by atomic mass is 16.5. The number of ether oxygens (including phenoxy) is 1. The van der Waals surface area contributed by atoms with Crippen molar-refractivity contribution in [3.05, 3.63) is 0 Å². The Balaban J connectivity index is 1.61. The molecule has 0 aromatic carbocycles. The maximum absolute atomic E-state index is 5.77. The SMILES string of the molecule is CCN=C(NC1CC2CCCC(C1)N2C)NC1CC(C)(OC)C1(C)C. The lowest BCUT2D eigenvalue weighted by Crippen LogP contribution is -2.70. The third-order valence-electron chi connectivity index (χ3n) is 7.59. The Hall–Kier alpha value is -0.810. The number of aliphatic imine (C=N–C) groups is 1. The van der Waals surface area contributed by atoms with Crippen molar-refractivity contribution < 1.29 is 4.74 Å². The Morgan fingerprint density at radius 3 is 2.32 bits per heavy atom. The number of piperidine rings is 2. The molecule has 25 heavy (non-hydrogen) atoms. The summed E-state index contributed by atoms with van der Waals surface area (Å²) in [5.74, 6) is 0.992. The molecule has 4 unspecified atom stereocenters. The average molecular weight is 351 g/mol. The zero-order valence-corrected chi connectivity index (χ0v) is 17.1. The first-order valence-corrected chi connectivity index (χ1v) is 10.2. The Bertz CT molecular complexity index is 492. The van der Waals surface area contributed by atoms with E-state index >= 15 is 0 Å². The van der Waals surface area contributed by atoms with Gasteiger partial charge in [-0.2, -0.15) is 0 Å². The van der Waals surface area contributed by atoms with Gasteiger partial charge in [0.15, 0.2) is 5.96 Å². The van der Waals surface area contributed by atoms with Gasteiger partial charge >= 0.3 is 0 Å². The molecule has 4 atom stereocenters. The zero-order chi connectivity index (χ0) is 18.2. The lowest BCUT2D eigenvalue weighted by Gasteiger charge is -2.59. The summed E-state index contributed by atoms with van der Waals surface area (Å²) in [6.07, 6.45) is 7.59. The van der Waals surface area contributed by atoms with Crippen LogP contribution in [0.25, 0.3) is 0 Å². The number of methoxy groups -OCH3 is 1. The molecule has 2 heterocycles. The third kappa shape index (κ3) is 3.42. The van der Waals surface area contributed by atoms with Crippen LogP contribution in [0.3, 0.4) is 0 Å². The molecule has 1 saturated carbocycles. The fraction of sp³-hybridized carbons (Fsp3) is 0.950. The number of fused-ring (bicyclic) bond motifs is 2. The number of rotatable bonds is 4. The predicted octanol–water partition coefficient (Wildman–Crippen LogP) is 2.76. The summed E-state index contributed by atoms with van der Waals surface area (Å²) < 4.78 is 5.77. The van der Waals surface area contributed by atoms with Crippen molar-refractivity contribution >= 4 is 5.96 Å². The molecule has 2 N–H and O–H groups in total. The smallest absolute Gasteiger partial charge is 0.191 e. The normalized spacial score (nSPS) is 41.1. The number of nitrogens with zero attached hydrogens (tertiary/aromatic N) is 2. The topological polar surface area (TPSA) is 48.9 Å². The highest BCUT2D eigenvalue weighted by molar-refractivity contribution is 5.80. The second-order valence-corrected chi connectivity index (χ2v) is 9.10. The third-order valence-corrected chi connectivity index (χ3v) is 7.59. The van der Waals surface area contributed by atoms with Gasteiger partial charge in [0, 0.05) is 43.2 Å². The van der Waals surface area contributed by atoms with Crippen molar-refractivity contribution in [3.63, 3.8) is 0 Å². The molecular formula is C20H38N4O. The lowest BCUT2D eigenvalue weighted by molar-refractivity contribution is -0.176. The molecule has 3 fully saturated rings. The molecule has 0 aromatic heterocycles. The van der Waals surface area contributed by atoms with Crippen LogP contribution in [0.1, 0.15) is 66.2 Å². The number of nitrogens with one attached hydrogen (secondary N) is 2. The van der Waals surface area contributed by atoms with Gasteiger partial charge in [-0.05, 0) is 53.0 Å². The van der Waals surface area contributed by atoms with Gasteiger partial charge in [0.1, 0.15) is 0 Å². The molecule has 1 aliphatic carbocycles. The highest BCUT2D eigenvalue weighted by Crippen LogP contribution is 2.51. The molecule has 144 valence electrons. The van der Waals surface area contributed by atoms with E-state index in [0.29, 0.717) is 12.1 Å². The van der Waals surface area contributed by atoms with Crippen molar-refractivity contribution in [3.8, 4) is 0 Å². The van der Waals surface area contributed by atoms with E-state index in [1.54, 1.807) is 0 Å². The fourth-order valence-electron chi connectivity index (χ4n) is 5.11. The minimum atomic E-state index is -0.0490. The van der Waals surface area contributed by atoms with E-state index in [1.165, 1.54) is 32.1 Å². The van der Waals surface area contributed by atoms with Crippen molar-refractivity contribution in [2.75, 3.05) is 20.7 Å². The lowest BCUT2D eigenvalue weighted by atomic mass is 9.56. The zero-order valence-electron chi connectivity index (χ0n) is 17.1. The summed E-state index contributed by atoms with van der Waals surface area (Å²) in [5, 5.41) is 7.46. The van der Waals surface area contributed by atoms with E-state index in [-0.39, 0.29) is 11.0 Å². The first-order chi connectivity index (χ1) is 11.8. The summed E-state index contributed by atoms with van der Waals surface area (Å²) in [6, 6.07) is 2.43. The maximum Gasteiger partial charge on any atom is 0.191 e. The van der Waals surface area contributed by atoms with Crippen LogP contribution in [0.15, 0.2) is 4.99 Å². The molecule has 0 aromatic rings. The van der Waals surface area contributed by atoms with Crippen LogP contribution < -0.4 is 10.6 Å². The van der Waals surface area contributed by atoms with Gasteiger partial charge in [-0.15, -0.1) is 0 Å². The molecule has 2 saturated heterocycles. The van der Waals surface area contributed by atoms with Crippen LogP contribution >= 0.6 is 0 Å². The Morgan fingerprint density at radius 2 is 1.80 bits per heavy atom. The Labute approximate surface area is 154 Å². The second kappa shape index (κ2) is 7.07. The van der Waals surface area contributed by atoms with Crippen molar-refractivity contribution in [1.82, 2.24) is 15.5 Å². The minimum absolute atomic E-state index is 0.0490. The molecule has 5 heteroatoms.